The maximum absolute atomic E-state index is 13.0. The van der Waals surface area contributed by atoms with E-state index in [1.807, 2.05) is 42.5 Å². The van der Waals surface area contributed by atoms with Gasteiger partial charge in [0, 0.05) is 6.42 Å². The number of hydrogen-bond donors (Lipinski definition) is 0. The number of methoxy groups -OCH3 is 1. The van der Waals surface area contributed by atoms with Crippen molar-refractivity contribution < 1.29 is 19.0 Å². The van der Waals surface area contributed by atoms with Crippen molar-refractivity contribution in [3.8, 4) is 17.2 Å². The SMILES string of the molecule is CCc1ccc(OCCCOc2c(Cl)cc(/C=C3/SC(=S)N(Cc4ccccc4)C3=O)cc2OC)cc1. The molecule has 4 rings (SSSR count). The standard InChI is InChI=1S/C29H28ClNO4S2/c1-3-20-10-12-23(13-11-20)34-14-7-15-35-27-24(30)16-22(17-25(27)33-2)18-26-28(32)31(29(36)37-26)19-21-8-5-4-6-9-21/h4-6,8-13,16-18H,3,7,14-15,19H2,1-2H3/b26-18+. The van der Waals surface area contributed by atoms with E-state index in [9.17, 15) is 4.79 Å². The zero-order valence-corrected chi connectivity index (χ0v) is 23.1. The molecule has 0 saturated carbocycles. The maximum atomic E-state index is 13.0. The number of halogens is 1. The van der Waals surface area contributed by atoms with Crippen molar-refractivity contribution in [1.82, 2.24) is 4.90 Å². The summed E-state index contributed by atoms with van der Waals surface area (Å²) in [4.78, 5) is 15.2. The van der Waals surface area contributed by atoms with Gasteiger partial charge in [-0.2, -0.15) is 0 Å². The van der Waals surface area contributed by atoms with Crippen LogP contribution in [0.15, 0.2) is 71.6 Å². The molecule has 1 amide bonds. The van der Waals surface area contributed by atoms with Gasteiger partial charge in [-0.25, -0.2) is 0 Å². The van der Waals surface area contributed by atoms with Crippen LogP contribution in [0.2, 0.25) is 5.02 Å². The third kappa shape index (κ3) is 7.06. The lowest BCUT2D eigenvalue weighted by molar-refractivity contribution is -0.122. The first kappa shape index (κ1) is 27.0. The molecule has 3 aromatic rings. The van der Waals surface area contributed by atoms with Gasteiger partial charge in [-0.3, -0.25) is 9.69 Å². The molecule has 0 aromatic heterocycles. The van der Waals surface area contributed by atoms with E-state index < -0.39 is 0 Å². The molecule has 0 N–H and O–H groups in total. The summed E-state index contributed by atoms with van der Waals surface area (Å²) in [6.07, 6.45) is 3.46. The van der Waals surface area contributed by atoms with Gasteiger partial charge in [0.05, 0.1) is 36.8 Å². The van der Waals surface area contributed by atoms with Gasteiger partial charge < -0.3 is 14.2 Å². The predicted molar refractivity (Wildman–Crippen MR) is 155 cm³/mol. The van der Waals surface area contributed by atoms with E-state index in [1.54, 1.807) is 30.2 Å². The van der Waals surface area contributed by atoms with Gasteiger partial charge in [0.2, 0.25) is 0 Å². The topological polar surface area (TPSA) is 48.0 Å². The summed E-state index contributed by atoms with van der Waals surface area (Å²) >= 11 is 13.3. The van der Waals surface area contributed by atoms with Crippen molar-refractivity contribution >= 4 is 51.9 Å². The normalized spacial score (nSPS) is 14.4. The molecule has 3 aromatic carbocycles. The molecule has 1 fully saturated rings. The van der Waals surface area contributed by atoms with Gasteiger partial charge in [0.15, 0.2) is 11.5 Å². The molecule has 5 nitrogen and oxygen atoms in total. The second kappa shape index (κ2) is 13.0. The second-order valence-corrected chi connectivity index (χ2v) is 10.4. The predicted octanol–water partition coefficient (Wildman–Crippen LogP) is 7.16. The smallest absolute Gasteiger partial charge is 0.266 e. The van der Waals surface area contributed by atoms with E-state index in [2.05, 4.69) is 19.1 Å². The Hall–Kier alpha value is -3.00. The lowest BCUT2D eigenvalue weighted by atomic mass is 10.1. The Morgan fingerprint density at radius 3 is 2.43 bits per heavy atom. The lowest BCUT2D eigenvalue weighted by Gasteiger charge is -2.14. The Balaban J connectivity index is 1.36. The highest BCUT2D eigenvalue weighted by Crippen LogP contribution is 2.39. The molecular weight excluding hydrogens is 526 g/mol. The first-order valence-electron chi connectivity index (χ1n) is 12.0. The molecule has 192 valence electrons. The summed E-state index contributed by atoms with van der Waals surface area (Å²) in [7, 11) is 1.56. The number of hydrogen-bond acceptors (Lipinski definition) is 6. The summed E-state index contributed by atoms with van der Waals surface area (Å²) < 4.78 is 17.8. The van der Waals surface area contributed by atoms with Crippen LogP contribution in [0, 0.1) is 0 Å². The fourth-order valence-corrected chi connectivity index (χ4v) is 5.29. The number of rotatable bonds is 11. The van der Waals surface area contributed by atoms with E-state index in [4.69, 9.17) is 38.0 Å². The molecule has 1 saturated heterocycles. The first-order chi connectivity index (χ1) is 18.0. The molecule has 1 aliphatic rings. The van der Waals surface area contributed by atoms with Crippen molar-refractivity contribution in [2.45, 2.75) is 26.3 Å². The molecule has 8 heteroatoms. The third-order valence-electron chi connectivity index (χ3n) is 5.74. The van der Waals surface area contributed by atoms with Gasteiger partial charge in [0.1, 0.15) is 10.1 Å². The molecule has 0 unspecified atom stereocenters. The van der Waals surface area contributed by atoms with Crippen molar-refractivity contribution in [2.24, 2.45) is 0 Å². The van der Waals surface area contributed by atoms with E-state index in [0.29, 0.717) is 51.9 Å². The summed E-state index contributed by atoms with van der Waals surface area (Å²) in [6.45, 7) is 3.50. The minimum Gasteiger partial charge on any atom is -0.493 e. The zero-order valence-electron chi connectivity index (χ0n) is 20.7. The Labute approximate surface area is 232 Å². The van der Waals surface area contributed by atoms with Crippen LogP contribution in [0.25, 0.3) is 6.08 Å². The third-order valence-corrected chi connectivity index (χ3v) is 7.40. The largest absolute Gasteiger partial charge is 0.493 e. The van der Waals surface area contributed by atoms with Gasteiger partial charge in [-0.15, -0.1) is 0 Å². The lowest BCUT2D eigenvalue weighted by Crippen LogP contribution is -2.27. The van der Waals surface area contributed by atoms with Crippen LogP contribution in [0.4, 0.5) is 0 Å². The highest BCUT2D eigenvalue weighted by Gasteiger charge is 2.32. The van der Waals surface area contributed by atoms with Crippen molar-refractivity contribution in [1.29, 1.82) is 0 Å². The maximum Gasteiger partial charge on any atom is 0.266 e. The molecule has 0 radical (unpaired) electrons. The highest BCUT2D eigenvalue weighted by atomic mass is 35.5. The number of thiocarbonyl (C=S) groups is 1. The van der Waals surface area contributed by atoms with Crippen LogP contribution in [0.1, 0.15) is 30.0 Å². The van der Waals surface area contributed by atoms with E-state index in [1.165, 1.54) is 17.3 Å². The number of ether oxygens (including phenoxy) is 3. The van der Waals surface area contributed by atoms with Gasteiger partial charge in [0.25, 0.3) is 5.91 Å². The van der Waals surface area contributed by atoms with Crippen LogP contribution in [0.5, 0.6) is 17.2 Å². The van der Waals surface area contributed by atoms with Crippen LogP contribution in [0.3, 0.4) is 0 Å². The summed E-state index contributed by atoms with van der Waals surface area (Å²) in [5.41, 5.74) is 3.03. The average molecular weight is 554 g/mol. The Bertz CT molecular complexity index is 1280. The minimum absolute atomic E-state index is 0.126. The van der Waals surface area contributed by atoms with Gasteiger partial charge >= 0.3 is 0 Å². The van der Waals surface area contributed by atoms with Crippen molar-refractivity contribution in [3.05, 3.63) is 93.3 Å². The van der Waals surface area contributed by atoms with Crippen LogP contribution >= 0.6 is 35.6 Å². The van der Waals surface area contributed by atoms with Crippen LogP contribution in [-0.2, 0) is 17.8 Å². The van der Waals surface area contributed by atoms with Crippen molar-refractivity contribution in [2.75, 3.05) is 20.3 Å². The fraction of sp³-hybridized carbons (Fsp3) is 0.241. The number of carbonyl (C=O) groups excluding carboxylic acids is 1. The molecule has 0 spiro atoms. The summed E-state index contributed by atoms with van der Waals surface area (Å²) in [5.74, 6) is 1.67. The molecule has 0 bridgehead atoms. The van der Waals surface area contributed by atoms with Gasteiger partial charge in [-0.1, -0.05) is 85.0 Å². The van der Waals surface area contributed by atoms with Crippen molar-refractivity contribution in [3.63, 3.8) is 0 Å². The molecular formula is C29H28ClNO4S2. The molecule has 1 heterocycles. The Kier molecular flexibility index (Phi) is 9.50. The average Bonchev–Trinajstić information content (AvgIpc) is 3.17. The Morgan fingerprint density at radius 2 is 1.73 bits per heavy atom. The van der Waals surface area contributed by atoms with E-state index >= 15 is 0 Å². The number of nitrogens with zero attached hydrogens (tertiary/aromatic N) is 1. The summed E-state index contributed by atoms with van der Waals surface area (Å²) in [5, 5.41) is 0.404. The Morgan fingerprint density at radius 1 is 1.00 bits per heavy atom. The van der Waals surface area contributed by atoms with E-state index in [-0.39, 0.29) is 5.91 Å². The number of amides is 1. The monoisotopic (exact) mass is 553 g/mol. The molecule has 0 atom stereocenters. The number of aryl methyl sites for hydroxylation is 1. The summed E-state index contributed by atoms with van der Waals surface area (Å²) in [6, 6.07) is 21.4. The highest BCUT2D eigenvalue weighted by molar-refractivity contribution is 8.26. The quantitative estimate of drug-likeness (QED) is 0.143. The van der Waals surface area contributed by atoms with Gasteiger partial charge in [-0.05, 0) is 53.5 Å². The number of carbonyl (C=O) groups is 1. The molecule has 37 heavy (non-hydrogen) atoms. The van der Waals surface area contributed by atoms with Crippen LogP contribution in [-0.4, -0.2) is 35.5 Å². The minimum atomic E-state index is -0.126. The van der Waals surface area contributed by atoms with E-state index in [0.717, 1.165) is 23.3 Å². The van der Waals surface area contributed by atoms with Crippen LogP contribution < -0.4 is 14.2 Å². The first-order valence-corrected chi connectivity index (χ1v) is 13.6. The zero-order chi connectivity index (χ0) is 26.2. The number of thioether (sulfide) groups is 1. The fourth-order valence-electron chi connectivity index (χ4n) is 3.76. The molecule has 1 aliphatic heterocycles. The molecule has 0 aliphatic carbocycles. The second-order valence-electron chi connectivity index (χ2n) is 8.34. The number of benzene rings is 3.